The second-order valence-electron chi connectivity index (χ2n) is 14.0. The van der Waals surface area contributed by atoms with Gasteiger partial charge in [-0.25, -0.2) is 9.78 Å². The number of nitrogens with zero attached hydrogens (tertiary/aromatic N) is 9. The predicted molar refractivity (Wildman–Crippen MR) is 211 cm³/mol. The number of aryl methyl sites for hydroxylation is 1. The van der Waals surface area contributed by atoms with E-state index in [1.807, 2.05) is 38.4 Å². The van der Waals surface area contributed by atoms with Gasteiger partial charge in [0.1, 0.15) is 39.7 Å². The number of imidazole rings is 1. The molecular formula is C37H43Cl2N10O7+. The molecule has 56 heavy (non-hydrogen) atoms. The zero-order valence-electron chi connectivity index (χ0n) is 31.9. The van der Waals surface area contributed by atoms with Crippen molar-refractivity contribution in [2.75, 3.05) is 70.2 Å². The Bertz CT molecular complexity index is 2130. The molecule has 296 valence electrons. The fourth-order valence-corrected chi connectivity index (χ4v) is 7.50. The molecule has 0 spiro atoms. The highest BCUT2D eigenvalue weighted by Gasteiger charge is 2.41. The average Bonchev–Trinajstić information content (AvgIpc) is 3.54. The van der Waals surface area contributed by atoms with Gasteiger partial charge in [0.15, 0.2) is 5.69 Å². The lowest BCUT2D eigenvalue weighted by atomic mass is 10.0. The lowest BCUT2D eigenvalue weighted by molar-refractivity contribution is -0.898. The molecule has 6 rings (SSSR count). The number of piperidine rings is 1. The number of hydrogen-bond acceptors (Lipinski definition) is 11. The Balaban J connectivity index is 1.23. The number of ether oxygens (including phenoxy) is 3. The van der Waals surface area contributed by atoms with Crippen LogP contribution in [0.1, 0.15) is 24.1 Å². The Labute approximate surface area is 333 Å². The van der Waals surface area contributed by atoms with Gasteiger partial charge >= 0.3 is 11.8 Å². The van der Waals surface area contributed by atoms with Crippen LogP contribution in [0.2, 0.25) is 10.0 Å². The SMILES string of the molecule is COc1ccc(Nc2ncc3c(n2)N(C2CCN(C(=O)/C=C/C[N+](C)(C)Cc4c([N+](=O)[O-])ncn4C)CC2)C(=O)N(c2c(Cl)c(OC)cc(OC)c2Cl)C3)cc1. The van der Waals surface area contributed by atoms with Gasteiger partial charge in [0.25, 0.3) is 0 Å². The number of benzene rings is 2. The summed E-state index contributed by atoms with van der Waals surface area (Å²) in [5, 5.41) is 14.9. The number of quaternary nitrogens is 1. The molecule has 0 aliphatic carbocycles. The first-order valence-corrected chi connectivity index (χ1v) is 18.4. The number of methoxy groups -OCH3 is 3. The molecule has 2 aliphatic rings. The van der Waals surface area contributed by atoms with Gasteiger partial charge in [-0.15, -0.1) is 0 Å². The van der Waals surface area contributed by atoms with Crippen LogP contribution in [-0.4, -0.2) is 107 Å². The second kappa shape index (κ2) is 16.6. The summed E-state index contributed by atoms with van der Waals surface area (Å²) in [6, 6.07) is 8.08. The van der Waals surface area contributed by atoms with Gasteiger partial charge in [-0.2, -0.15) is 4.98 Å². The van der Waals surface area contributed by atoms with Gasteiger partial charge in [0.2, 0.25) is 18.2 Å². The number of carbonyl (C=O) groups is 2. The summed E-state index contributed by atoms with van der Waals surface area (Å²) in [5.74, 6) is 1.63. The van der Waals surface area contributed by atoms with Gasteiger partial charge in [0, 0.05) is 55.8 Å². The summed E-state index contributed by atoms with van der Waals surface area (Å²) in [5.41, 5.74) is 2.10. The standard InChI is InChI=1S/C37H43Cl2N10O7/c1-44-22-41-35(48(52)53)27(44)21-49(2,3)17-7-8-30(50)45-15-13-25(14-16-45)47-34-23(19-40-36(43-34)42-24-9-11-26(54-4)12-10-24)20-46(37(47)51)33-31(38)28(55-5)18-29(56-6)32(33)39/h7-12,18-19,22,25H,13-17,20-21H2,1-6H3,(H,40,42,43)/q+1/b8-7+. The molecule has 2 aromatic carbocycles. The molecular weight excluding hydrogens is 767 g/mol. The average molecular weight is 811 g/mol. The van der Waals surface area contributed by atoms with E-state index in [1.165, 1.54) is 31.5 Å². The highest BCUT2D eigenvalue weighted by molar-refractivity contribution is 6.42. The highest BCUT2D eigenvalue weighted by Crippen LogP contribution is 2.48. The van der Waals surface area contributed by atoms with E-state index in [4.69, 9.17) is 42.4 Å². The van der Waals surface area contributed by atoms with Crippen molar-refractivity contribution in [3.8, 4) is 17.2 Å². The van der Waals surface area contributed by atoms with Crippen LogP contribution in [0.5, 0.6) is 17.2 Å². The number of amides is 3. The van der Waals surface area contributed by atoms with E-state index in [1.54, 1.807) is 46.9 Å². The summed E-state index contributed by atoms with van der Waals surface area (Å²) in [7, 11) is 10.1. The Kier molecular flexibility index (Phi) is 11.9. The third kappa shape index (κ3) is 8.29. The van der Waals surface area contributed by atoms with Gasteiger partial charge in [-0.1, -0.05) is 23.2 Å². The molecule has 1 saturated heterocycles. The molecule has 17 nitrogen and oxygen atoms in total. The lowest BCUT2D eigenvalue weighted by Crippen LogP contribution is -2.55. The summed E-state index contributed by atoms with van der Waals surface area (Å²) in [6.07, 6.45) is 7.32. The van der Waals surface area contributed by atoms with Gasteiger partial charge in [-0.05, 0) is 53.1 Å². The molecule has 0 radical (unpaired) electrons. The minimum absolute atomic E-state index is 0.0637. The maximum absolute atomic E-state index is 14.7. The van der Waals surface area contributed by atoms with Crippen LogP contribution in [0.15, 0.2) is 55.0 Å². The first-order chi connectivity index (χ1) is 26.7. The van der Waals surface area contributed by atoms with Gasteiger partial charge in [0.05, 0.1) is 54.2 Å². The van der Waals surface area contributed by atoms with Crippen molar-refractivity contribution in [3.63, 3.8) is 0 Å². The van der Waals surface area contributed by atoms with Crippen LogP contribution in [0, 0.1) is 10.1 Å². The number of nitro groups is 1. The predicted octanol–water partition coefficient (Wildman–Crippen LogP) is 5.96. The molecule has 3 amide bonds. The number of halogens is 2. The first-order valence-electron chi connectivity index (χ1n) is 17.6. The number of fused-ring (bicyclic) bond motifs is 1. The molecule has 0 bridgehead atoms. The van der Waals surface area contributed by atoms with E-state index in [0.717, 1.165) is 5.69 Å². The van der Waals surface area contributed by atoms with Crippen LogP contribution < -0.4 is 29.3 Å². The van der Waals surface area contributed by atoms with Crippen LogP contribution in [0.3, 0.4) is 0 Å². The van der Waals surface area contributed by atoms with E-state index < -0.39 is 11.0 Å². The van der Waals surface area contributed by atoms with Crippen molar-refractivity contribution < 1.29 is 33.2 Å². The number of likely N-dealkylation sites (N-methyl/N-ethyl adjacent to an activating group) is 1. The maximum Gasteiger partial charge on any atom is 0.390 e. The monoisotopic (exact) mass is 809 g/mol. The molecule has 1 N–H and O–H groups in total. The molecule has 0 atom stereocenters. The van der Waals surface area contributed by atoms with Crippen molar-refractivity contribution in [1.29, 1.82) is 0 Å². The molecule has 2 aliphatic heterocycles. The Morgan fingerprint density at radius 1 is 1.05 bits per heavy atom. The zero-order valence-corrected chi connectivity index (χ0v) is 33.4. The van der Waals surface area contributed by atoms with Crippen molar-refractivity contribution >= 4 is 64.1 Å². The number of likely N-dealkylation sites (tertiary alicyclic amines) is 1. The lowest BCUT2D eigenvalue weighted by Gasteiger charge is -2.43. The van der Waals surface area contributed by atoms with Crippen LogP contribution >= 0.6 is 23.2 Å². The molecule has 2 aromatic heterocycles. The number of rotatable bonds is 13. The molecule has 0 unspecified atom stereocenters. The summed E-state index contributed by atoms with van der Waals surface area (Å²) in [6.45, 7) is 1.62. The highest BCUT2D eigenvalue weighted by atomic mass is 35.5. The number of urea groups is 1. The fraction of sp³-hybridized carbons (Fsp3) is 0.378. The van der Waals surface area contributed by atoms with Crippen molar-refractivity contribution in [3.05, 3.63) is 86.4 Å². The van der Waals surface area contributed by atoms with E-state index >= 15 is 0 Å². The topological polar surface area (TPSA) is 170 Å². The van der Waals surface area contributed by atoms with E-state index in [0.29, 0.717) is 66.3 Å². The molecule has 4 aromatic rings. The number of anilines is 4. The van der Waals surface area contributed by atoms with Crippen LogP contribution in [-0.2, 0) is 24.9 Å². The normalized spacial score (nSPS) is 14.9. The fourth-order valence-electron chi connectivity index (χ4n) is 6.79. The minimum atomic E-state index is -0.489. The number of aromatic nitrogens is 4. The van der Waals surface area contributed by atoms with E-state index in [9.17, 15) is 19.7 Å². The maximum atomic E-state index is 14.7. The molecule has 0 saturated carbocycles. The smallest absolute Gasteiger partial charge is 0.390 e. The Hall–Kier alpha value is -5.65. The minimum Gasteiger partial charge on any atom is -0.497 e. The summed E-state index contributed by atoms with van der Waals surface area (Å²) < 4.78 is 18.3. The van der Waals surface area contributed by atoms with Gasteiger partial charge < -0.3 is 43.6 Å². The van der Waals surface area contributed by atoms with Crippen molar-refractivity contribution in [2.24, 2.45) is 7.05 Å². The quantitative estimate of drug-likeness (QED) is 0.0731. The molecule has 1 fully saturated rings. The van der Waals surface area contributed by atoms with Crippen LogP contribution in [0.25, 0.3) is 0 Å². The molecule has 19 heteroatoms. The third-order valence-corrected chi connectivity index (χ3v) is 10.5. The third-order valence-electron chi connectivity index (χ3n) is 9.79. The number of carbonyl (C=O) groups excluding carboxylic acids is 2. The molecule has 4 heterocycles. The van der Waals surface area contributed by atoms with E-state index in [-0.39, 0.29) is 57.5 Å². The summed E-state index contributed by atoms with van der Waals surface area (Å²) in [4.78, 5) is 57.2. The number of nitrogens with one attached hydrogen (secondary N) is 1. The first kappa shape index (κ1) is 40.0. The Morgan fingerprint density at radius 3 is 2.32 bits per heavy atom. The largest absolute Gasteiger partial charge is 0.497 e. The van der Waals surface area contributed by atoms with Crippen LogP contribution in [0.4, 0.5) is 33.8 Å². The second-order valence-corrected chi connectivity index (χ2v) is 14.8. The van der Waals surface area contributed by atoms with Crippen molar-refractivity contribution in [1.82, 2.24) is 24.4 Å². The van der Waals surface area contributed by atoms with Crippen molar-refractivity contribution in [2.45, 2.75) is 32.0 Å². The van der Waals surface area contributed by atoms with E-state index in [2.05, 4.69) is 15.3 Å². The number of hydrogen-bond donors (Lipinski definition) is 1. The Morgan fingerprint density at radius 2 is 1.71 bits per heavy atom. The summed E-state index contributed by atoms with van der Waals surface area (Å²) >= 11 is 13.6. The van der Waals surface area contributed by atoms with Gasteiger partial charge in [-0.3, -0.25) is 14.6 Å². The zero-order chi connectivity index (χ0) is 40.3.